The van der Waals surface area contributed by atoms with Crippen molar-refractivity contribution >= 4 is 38.9 Å². The molecule has 268 valence electrons. The van der Waals surface area contributed by atoms with Crippen molar-refractivity contribution in [2.75, 3.05) is 4.90 Å². The molecule has 0 bridgehead atoms. The quantitative estimate of drug-likeness (QED) is 0.172. The van der Waals surface area contributed by atoms with E-state index < -0.39 is 0 Å². The zero-order valence-electron chi connectivity index (χ0n) is 32.2. The summed E-state index contributed by atoms with van der Waals surface area (Å²) in [7, 11) is 0. The highest BCUT2D eigenvalue weighted by Crippen LogP contribution is 2.52. The summed E-state index contributed by atoms with van der Waals surface area (Å²) in [6, 6.07) is 67.5. The number of rotatable bonds is 5. The fourth-order valence-electron chi connectivity index (χ4n) is 9.97. The van der Waals surface area contributed by atoms with Crippen molar-refractivity contribution < 1.29 is 0 Å². The van der Waals surface area contributed by atoms with Crippen molar-refractivity contribution in [3.63, 3.8) is 0 Å². The van der Waals surface area contributed by atoms with Gasteiger partial charge in [0.25, 0.3) is 0 Å². The zero-order valence-corrected chi connectivity index (χ0v) is 32.2. The molecule has 0 aliphatic heterocycles. The molecule has 0 fully saturated rings. The Labute approximate surface area is 328 Å². The highest BCUT2D eigenvalue weighted by Gasteiger charge is 2.36. The van der Waals surface area contributed by atoms with Gasteiger partial charge in [0.05, 0.1) is 11.0 Å². The maximum Gasteiger partial charge on any atom is 0.0547 e. The topological polar surface area (TPSA) is 8.17 Å². The Morgan fingerprint density at radius 1 is 0.357 bits per heavy atom. The van der Waals surface area contributed by atoms with Crippen LogP contribution >= 0.6 is 0 Å². The number of aromatic nitrogens is 1. The third-order valence-corrected chi connectivity index (χ3v) is 12.8. The fourth-order valence-corrected chi connectivity index (χ4v) is 9.97. The van der Waals surface area contributed by atoms with Gasteiger partial charge in [0.2, 0.25) is 0 Å². The molecule has 0 atom stereocenters. The molecule has 0 N–H and O–H groups in total. The van der Waals surface area contributed by atoms with E-state index in [4.69, 9.17) is 0 Å². The van der Waals surface area contributed by atoms with Gasteiger partial charge in [0, 0.05) is 44.4 Å². The third-order valence-electron chi connectivity index (χ3n) is 12.8. The predicted octanol–water partition coefficient (Wildman–Crippen LogP) is 14.5. The first-order chi connectivity index (χ1) is 27.3. The van der Waals surface area contributed by atoms with E-state index in [0.717, 1.165) is 17.1 Å². The molecule has 2 aliphatic rings. The second-order valence-corrected chi connectivity index (χ2v) is 16.6. The summed E-state index contributed by atoms with van der Waals surface area (Å²) in [5.74, 6) is 0. The van der Waals surface area contributed by atoms with E-state index in [1.165, 1.54) is 83.1 Å². The van der Waals surface area contributed by atoms with Crippen LogP contribution in [-0.4, -0.2) is 4.57 Å². The van der Waals surface area contributed by atoms with Gasteiger partial charge in [-0.15, -0.1) is 0 Å². The first-order valence-electron chi connectivity index (χ1n) is 19.8. The van der Waals surface area contributed by atoms with Crippen LogP contribution in [-0.2, 0) is 10.8 Å². The van der Waals surface area contributed by atoms with Crippen LogP contribution in [0.15, 0.2) is 182 Å². The van der Waals surface area contributed by atoms with E-state index in [-0.39, 0.29) is 10.8 Å². The Morgan fingerprint density at radius 2 is 0.911 bits per heavy atom. The summed E-state index contributed by atoms with van der Waals surface area (Å²) in [6.45, 7) is 9.38. The van der Waals surface area contributed by atoms with Gasteiger partial charge >= 0.3 is 0 Å². The van der Waals surface area contributed by atoms with Gasteiger partial charge in [0.15, 0.2) is 0 Å². The van der Waals surface area contributed by atoms with Crippen LogP contribution in [0.25, 0.3) is 60.9 Å². The van der Waals surface area contributed by atoms with E-state index in [9.17, 15) is 0 Å². The van der Waals surface area contributed by atoms with Crippen LogP contribution in [0.5, 0.6) is 0 Å². The second-order valence-electron chi connectivity index (χ2n) is 16.6. The Hall–Kier alpha value is -6.64. The maximum atomic E-state index is 2.46. The Bertz CT molecular complexity index is 3030. The molecule has 11 rings (SSSR count). The molecule has 56 heavy (non-hydrogen) atoms. The number of benzene rings is 8. The van der Waals surface area contributed by atoms with Crippen molar-refractivity contribution in [2.24, 2.45) is 0 Å². The molecular weight excluding hydrogens is 677 g/mol. The molecule has 0 radical (unpaired) electrons. The number of nitrogens with zero attached hydrogens (tertiary/aromatic N) is 2. The number of fused-ring (bicyclic) bond motifs is 9. The van der Waals surface area contributed by atoms with Crippen LogP contribution < -0.4 is 4.90 Å². The molecule has 0 spiro atoms. The number of hydrogen-bond donors (Lipinski definition) is 0. The average Bonchev–Trinajstić information content (AvgIpc) is 3.78. The molecule has 2 nitrogen and oxygen atoms in total. The lowest BCUT2D eigenvalue weighted by Gasteiger charge is -2.27. The standard InChI is InChI=1S/C54H42N2/c1-53(2)47-22-11-8-19-41(47)45-33-39(26-29-49(45)53)55(37-16-6-5-7-17-37)38-18-14-15-35(31-38)36-25-28-44-43-21-10-13-24-51(43)56(52(44)32-36)40-27-30-50-46(34-40)42-20-9-12-23-48(42)54(50,3)4/h5-34H,1-4H3. The fraction of sp³-hybridized carbons (Fsp3) is 0.111. The van der Waals surface area contributed by atoms with Crippen LogP contribution in [0.4, 0.5) is 17.1 Å². The molecule has 2 aliphatic carbocycles. The van der Waals surface area contributed by atoms with Crippen LogP contribution in [0.2, 0.25) is 0 Å². The molecule has 1 aromatic heterocycles. The minimum Gasteiger partial charge on any atom is -0.310 e. The molecule has 0 saturated heterocycles. The minimum absolute atomic E-state index is 0.0298. The summed E-state index contributed by atoms with van der Waals surface area (Å²) in [5, 5.41) is 2.52. The van der Waals surface area contributed by atoms with Crippen LogP contribution in [0.1, 0.15) is 49.9 Å². The van der Waals surface area contributed by atoms with Crippen molar-refractivity contribution in [1.29, 1.82) is 0 Å². The molecular formula is C54H42N2. The lowest BCUT2D eigenvalue weighted by molar-refractivity contribution is 0.660. The van der Waals surface area contributed by atoms with Gasteiger partial charge < -0.3 is 9.47 Å². The molecule has 8 aromatic carbocycles. The second kappa shape index (κ2) is 11.9. The maximum absolute atomic E-state index is 2.46. The summed E-state index contributed by atoms with van der Waals surface area (Å²) >= 11 is 0. The van der Waals surface area contributed by atoms with Crippen molar-refractivity contribution in [3.05, 3.63) is 204 Å². The van der Waals surface area contributed by atoms with Gasteiger partial charge in [-0.2, -0.15) is 0 Å². The zero-order chi connectivity index (χ0) is 37.8. The van der Waals surface area contributed by atoms with E-state index >= 15 is 0 Å². The van der Waals surface area contributed by atoms with E-state index in [2.05, 4.69) is 219 Å². The largest absolute Gasteiger partial charge is 0.310 e. The Balaban J connectivity index is 1.06. The van der Waals surface area contributed by atoms with Gasteiger partial charge in [-0.1, -0.05) is 149 Å². The first-order valence-corrected chi connectivity index (χ1v) is 19.8. The normalized spacial score (nSPS) is 14.4. The monoisotopic (exact) mass is 718 g/mol. The van der Waals surface area contributed by atoms with Gasteiger partial charge in [-0.3, -0.25) is 0 Å². The molecule has 1 heterocycles. The van der Waals surface area contributed by atoms with Crippen LogP contribution in [0, 0.1) is 0 Å². The SMILES string of the molecule is CC1(C)c2ccccc2-c2cc(N(c3ccccc3)c3cccc(-c4ccc5c6ccccc6n(-c6ccc7c(c6)-c6ccccc6C7(C)C)c5c4)c3)ccc21. The number of para-hydroxylation sites is 2. The minimum atomic E-state index is -0.0378. The lowest BCUT2D eigenvalue weighted by atomic mass is 9.82. The summed E-state index contributed by atoms with van der Waals surface area (Å²) in [6.07, 6.45) is 0. The highest BCUT2D eigenvalue weighted by molar-refractivity contribution is 6.10. The van der Waals surface area contributed by atoms with E-state index in [0.29, 0.717) is 0 Å². The van der Waals surface area contributed by atoms with E-state index in [1.807, 2.05) is 0 Å². The van der Waals surface area contributed by atoms with E-state index in [1.54, 1.807) is 0 Å². The Kier molecular flexibility index (Phi) is 6.98. The summed E-state index contributed by atoms with van der Waals surface area (Å²) < 4.78 is 2.46. The van der Waals surface area contributed by atoms with Crippen molar-refractivity contribution in [1.82, 2.24) is 4.57 Å². The van der Waals surface area contributed by atoms with Crippen molar-refractivity contribution in [3.8, 4) is 39.1 Å². The third kappa shape index (κ3) is 4.69. The average molecular weight is 719 g/mol. The van der Waals surface area contributed by atoms with Gasteiger partial charge in [-0.05, 0) is 116 Å². The molecule has 0 amide bonds. The number of hydrogen-bond acceptors (Lipinski definition) is 1. The smallest absolute Gasteiger partial charge is 0.0547 e. The predicted molar refractivity (Wildman–Crippen MR) is 236 cm³/mol. The summed E-state index contributed by atoms with van der Waals surface area (Å²) in [5.41, 5.74) is 20.2. The van der Waals surface area contributed by atoms with Gasteiger partial charge in [0.1, 0.15) is 0 Å². The highest BCUT2D eigenvalue weighted by atomic mass is 15.1. The molecule has 0 saturated carbocycles. The van der Waals surface area contributed by atoms with Gasteiger partial charge in [-0.25, -0.2) is 0 Å². The molecule has 2 heteroatoms. The lowest BCUT2D eigenvalue weighted by Crippen LogP contribution is -2.15. The number of anilines is 3. The summed E-state index contributed by atoms with van der Waals surface area (Å²) in [4.78, 5) is 2.40. The van der Waals surface area contributed by atoms with Crippen molar-refractivity contribution in [2.45, 2.75) is 38.5 Å². The molecule has 9 aromatic rings. The first kappa shape index (κ1) is 32.8. The Morgan fingerprint density at radius 3 is 1.66 bits per heavy atom. The van der Waals surface area contributed by atoms with Crippen LogP contribution in [0.3, 0.4) is 0 Å². The molecule has 0 unspecified atom stereocenters.